The Kier molecular flexibility index (Phi) is 6.17. The number of hydrogen-bond donors (Lipinski definition) is 1. The molecule has 0 bridgehead atoms. The van der Waals surface area contributed by atoms with E-state index in [0.29, 0.717) is 10.6 Å². The second-order valence-electron chi connectivity index (χ2n) is 6.38. The quantitative estimate of drug-likeness (QED) is 0.546. The summed E-state index contributed by atoms with van der Waals surface area (Å²) >= 11 is 12.2. The summed E-state index contributed by atoms with van der Waals surface area (Å²) in [4.78, 5) is 11.8. The van der Waals surface area contributed by atoms with E-state index in [1.807, 2.05) is 6.92 Å². The van der Waals surface area contributed by atoms with Crippen LogP contribution in [0.3, 0.4) is 0 Å². The van der Waals surface area contributed by atoms with Gasteiger partial charge in [0.1, 0.15) is 0 Å². The van der Waals surface area contributed by atoms with Crippen LogP contribution in [-0.2, 0) is 16.6 Å². The van der Waals surface area contributed by atoms with Crippen LogP contribution in [0.4, 0.5) is 5.69 Å². The molecule has 3 aromatic rings. The first-order valence-corrected chi connectivity index (χ1v) is 10.8. The topological polar surface area (TPSA) is 74.7 Å². The van der Waals surface area contributed by atoms with Gasteiger partial charge in [-0.15, -0.1) is 0 Å². The van der Waals surface area contributed by atoms with E-state index in [4.69, 9.17) is 23.2 Å². The van der Waals surface area contributed by atoms with Gasteiger partial charge < -0.3 is 5.11 Å². The summed E-state index contributed by atoms with van der Waals surface area (Å²) in [5.74, 6) is -1.23. The van der Waals surface area contributed by atoms with Crippen LogP contribution in [0.25, 0.3) is 0 Å². The largest absolute Gasteiger partial charge is 0.478 e. The third-order valence-corrected chi connectivity index (χ3v) is 6.70. The molecule has 150 valence electrons. The van der Waals surface area contributed by atoms with E-state index >= 15 is 0 Å². The van der Waals surface area contributed by atoms with Gasteiger partial charge in [0.2, 0.25) is 0 Å². The SMILES string of the molecule is Cc1ccc(S(=O)(=O)N(Cc2ccc(Cl)cc2Cl)c2ccccc2C(=O)O)cc1. The van der Waals surface area contributed by atoms with Crippen molar-refractivity contribution in [1.82, 2.24) is 0 Å². The van der Waals surface area contributed by atoms with E-state index in [2.05, 4.69) is 0 Å². The van der Waals surface area contributed by atoms with Crippen molar-refractivity contribution in [3.8, 4) is 0 Å². The average Bonchev–Trinajstić information content (AvgIpc) is 2.67. The summed E-state index contributed by atoms with van der Waals surface area (Å²) in [5, 5.41) is 10.3. The zero-order chi connectivity index (χ0) is 21.2. The smallest absolute Gasteiger partial charge is 0.337 e. The lowest BCUT2D eigenvalue weighted by atomic mass is 10.1. The summed E-state index contributed by atoms with van der Waals surface area (Å²) in [6.45, 7) is 1.69. The first-order valence-electron chi connectivity index (χ1n) is 8.56. The molecule has 5 nitrogen and oxygen atoms in total. The molecule has 0 aliphatic carbocycles. The van der Waals surface area contributed by atoms with Crippen LogP contribution in [0.2, 0.25) is 10.0 Å². The van der Waals surface area contributed by atoms with Crippen LogP contribution in [0.5, 0.6) is 0 Å². The molecule has 29 heavy (non-hydrogen) atoms. The van der Waals surface area contributed by atoms with Gasteiger partial charge in [0.15, 0.2) is 0 Å². The number of aromatic carboxylic acids is 1. The van der Waals surface area contributed by atoms with Crippen LogP contribution >= 0.6 is 23.2 Å². The van der Waals surface area contributed by atoms with Crippen LogP contribution in [0, 0.1) is 6.92 Å². The van der Waals surface area contributed by atoms with Crippen molar-refractivity contribution in [1.29, 1.82) is 0 Å². The molecule has 0 spiro atoms. The number of hydrogen-bond acceptors (Lipinski definition) is 3. The van der Waals surface area contributed by atoms with Crippen LogP contribution < -0.4 is 4.31 Å². The number of rotatable bonds is 6. The van der Waals surface area contributed by atoms with Gasteiger partial charge in [-0.1, -0.05) is 59.1 Å². The molecule has 0 aliphatic heterocycles. The lowest BCUT2D eigenvalue weighted by Crippen LogP contribution is -2.32. The van der Waals surface area contributed by atoms with Crippen LogP contribution in [0.15, 0.2) is 71.6 Å². The minimum Gasteiger partial charge on any atom is -0.478 e. The molecule has 0 saturated heterocycles. The third-order valence-electron chi connectivity index (χ3n) is 4.34. The molecule has 0 fully saturated rings. The Bertz CT molecular complexity index is 1160. The fraction of sp³-hybridized carbons (Fsp3) is 0.0952. The van der Waals surface area contributed by atoms with Gasteiger partial charge in [0.05, 0.1) is 22.7 Å². The second-order valence-corrected chi connectivity index (χ2v) is 9.09. The zero-order valence-corrected chi connectivity index (χ0v) is 17.7. The Labute approximate surface area is 179 Å². The number of halogens is 2. The van der Waals surface area contributed by atoms with Gasteiger partial charge in [-0.3, -0.25) is 4.31 Å². The minimum absolute atomic E-state index is 0.0478. The maximum absolute atomic E-state index is 13.5. The van der Waals surface area contributed by atoms with Crippen LogP contribution in [0.1, 0.15) is 21.5 Å². The average molecular weight is 450 g/mol. The fourth-order valence-electron chi connectivity index (χ4n) is 2.81. The lowest BCUT2D eigenvalue weighted by Gasteiger charge is -2.26. The molecular weight excluding hydrogens is 433 g/mol. The van der Waals surface area contributed by atoms with E-state index in [-0.39, 0.29) is 27.7 Å². The molecule has 3 rings (SSSR count). The molecule has 8 heteroatoms. The monoisotopic (exact) mass is 449 g/mol. The number of carboxylic acid groups (broad SMARTS) is 1. The Hall–Kier alpha value is -2.54. The summed E-state index contributed by atoms with van der Waals surface area (Å²) < 4.78 is 28.0. The molecule has 3 aromatic carbocycles. The van der Waals surface area contributed by atoms with Gasteiger partial charge in [0.25, 0.3) is 10.0 Å². The Balaban J connectivity index is 2.19. The third kappa shape index (κ3) is 4.56. The molecule has 0 saturated carbocycles. The van der Waals surface area contributed by atoms with Crippen molar-refractivity contribution in [2.24, 2.45) is 0 Å². The van der Waals surface area contributed by atoms with Crippen molar-refractivity contribution in [3.05, 3.63) is 93.5 Å². The molecule has 0 atom stereocenters. The fourth-order valence-corrected chi connectivity index (χ4v) is 4.74. The van der Waals surface area contributed by atoms with E-state index in [0.717, 1.165) is 9.87 Å². The molecule has 0 amide bonds. The lowest BCUT2D eigenvalue weighted by molar-refractivity contribution is 0.0697. The molecule has 0 aromatic heterocycles. The maximum Gasteiger partial charge on any atom is 0.337 e. The first kappa shape index (κ1) is 21.2. The Morgan fingerprint density at radius 2 is 1.66 bits per heavy atom. The molecule has 0 heterocycles. The van der Waals surface area contributed by atoms with E-state index in [9.17, 15) is 18.3 Å². The number of para-hydroxylation sites is 1. The van der Waals surface area contributed by atoms with Gasteiger partial charge in [-0.05, 0) is 48.9 Å². The predicted molar refractivity (Wildman–Crippen MR) is 114 cm³/mol. The summed E-state index contributed by atoms with van der Waals surface area (Å²) in [6, 6.07) is 17.0. The number of carbonyl (C=O) groups is 1. The van der Waals surface area contributed by atoms with Gasteiger partial charge >= 0.3 is 5.97 Å². The minimum atomic E-state index is -4.07. The van der Waals surface area contributed by atoms with Crippen molar-refractivity contribution < 1.29 is 18.3 Å². The number of nitrogens with zero attached hydrogens (tertiary/aromatic N) is 1. The Morgan fingerprint density at radius 1 is 1.00 bits per heavy atom. The Morgan fingerprint density at radius 3 is 2.28 bits per heavy atom. The molecule has 1 N–H and O–H groups in total. The van der Waals surface area contributed by atoms with Crippen molar-refractivity contribution in [2.45, 2.75) is 18.4 Å². The van der Waals surface area contributed by atoms with E-state index in [1.54, 1.807) is 36.4 Å². The maximum atomic E-state index is 13.5. The van der Waals surface area contributed by atoms with Crippen molar-refractivity contribution in [3.63, 3.8) is 0 Å². The predicted octanol–water partition coefficient (Wildman–Crippen LogP) is 5.40. The highest BCUT2D eigenvalue weighted by molar-refractivity contribution is 7.92. The zero-order valence-electron chi connectivity index (χ0n) is 15.3. The first-order chi connectivity index (χ1) is 13.7. The number of anilines is 1. The molecule has 0 unspecified atom stereocenters. The van der Waals surface area contributed by atoms with Crippen LogP contribution in [-0.4, -0.2) is 19.5 Å². The van der Waals surface area contributed by atoms with Gasteiger partial charge in [-0.2, -0.15) is 0 Å². The molecule has 0 radical (unpaired) electrons. The summed E-state index contributed by atoms with van der Waals surface area (Å²) in [7, 11) is -4.07. The normalized spacial score (nSPS) is 11.3. The summed E-state index contributed by atoms with van der Waals surface area (Å²) in [6.07, 6.45) is 0. The van der Waals surface area contributed by atoms with E-state index in [1.165, 1.54) is 30.3 Å². The standard InChI is InChI=1S/C21H17Cl2NO4S/c1-14-6-10-17(11-7-14)29(27,28)24(13-15-8-9-16(22)12-19(15)23)20-5-3-2-4-18(20)21(25)26/h2-12H,13H2,1H3,(H,25,26). The number of benzene rings is 3. The molecular formula is C21H17Cl2NO4S. The van der Waals surface area contributed by atoms with Crippen molar-refractivity contribution in [2.75, 3.05) is 4.31 Å². The number of aryl methyl sites for hydroxylation is 1. The number of sulfonamides is 1. The number of carboxylic acids is 1. The highest BCUT2D eigenvalue weighted by Gasteiger charge is 2.29. The van der Waals surface area contributed by atoms with Gasteiger partial charge in [-0.25, -0.2) is 13.2 Å². The highest BCUT2D eigenvalue weighted by Crippen LogP contribution is 2.31. The van der Waals surface area contributed by atoms with E-state index < -0.39 is 16.0 Å². The summed E-state index contributed by atoms with van der Waals surface area (Å²) in [5.41, 5.74) is 1.31. The highest BCUT2D eigenvalue weighted by atomic mass is 35.5. The second kappa shape index (κ2) is 8.45. The molecule has 0 aliphatic rings. The van der Waals surface area contributed by atoms with Gasteiger partial charge in [0, 0.05) is 10.0 Å². The van der Waals surface area contributed by atoms with Crippen molar-refractivity contribution >= 4 is 44.9 Å².